The van der Waals surface area contributed by atoms with Gasteiger partial charge in [-0.05, 0) is 54.3 Å². The maximum absolute atomic E-state index is 11.9. The molecule has 0 aliphatic carbocycles. The van der Waals surface area contributed by atoms with Crippen LogP contribution in [-0.2, 0) is 9.59 Å². The van der Waals surface area contributed by atoms with Gasteiger partial charge >= 0.3 is 0 Å². The predicted octanol–water partition coefficient (Wildman–Crippen LogP) is 3.51. The molecule has 2 aromatic rings. The number of carbonyl (C=O) groups is 2. The van der Waals surface area contributed by atoms with E-state index in [4.69, 9.17) is 4.74 Å². The van der Waals surface area contributed by atoms with Crippen molar-refractivity contribution in [3.05, 3.63) is 59.7 Å². The summed E-state index contributed by atoms with van der Waals surface area (Å²) in [5, 5.41) is 6.59. The van der Waals surface area contributed by atoms with Crippen molar-refractivity contribution < 1.29 is 14.3 Å². The van der Waals surface area contributed by atoms with Gasteiger partial charge in [0.15, 0.2) is 0 Å². The summed E-state index contributed by atoms with van der Waals surface area (Å²) in [4.78, 5) is 23.7. The Labute approximate surface area is 159 Å². The van der Waals surface area contributed by atoms with Crippen LogP contribution in [0, 0.1) is 12.8 Å². The Balaban J connectivity index is 1.77. The summed E-state index contributed by atoms with van der Waals surface area (Å²) in [6, 6.07) is 14.8. The smallest absolute Gasteiger partial charge is 0.249 e. The number of anilines is 1. The molecule has 2 aromatic carbocycles. The molecule has 6 heteroatoms. The number of nitrogens with one attached hydrogen (secondary N) is 2. The number of rotatable bonds is 8. The van der Waals surface area contributed by atoms with Crippen molar-refractivity contribution in [1.29, 1.82) is 0 Å². The summed E-state index contributed by atoms with van der Waals surface area (Å²) >= 11 is 0. The number of ether oxygens (including phenoxy) is 1. The molecule has 27 heavy (non-hydrogen) atoms. The third-order valence-corrected chi connectivity index (χ3v) is 3.61. The number of para-hydroxylation sites is 1. The molecule has 0 saturated carbocycles. The first-order valence-electron chi connectivity index (χ1n) is 8.84. The maximum atomic E-state index is 11.9. The van der Waals surface area contributed by atoms with Crippen LogP contribution in [0.1, 0.15) is 31.4 Å². The van der Waals surface area contributed by atoms with Crippen molar-refractivity contribution in [2.45, 2.75) is 27.2 Å². The van der Waals surface area contributed by atoms with Crippen LogP contribution in [0.15, 0.2) is 53.6 Å². The van der Waals surface area contributed by atoms with Gasteiger partial charge in [-0.25, -0.2) is 5.43 Å². The highest BCUT2D eigenvalue weighted by molar-refractivity contribution is 6.04. The monoisotopic (exact) mass is 367 g/mol. The minimum absolute atomic E-state index is 0.298. The number of hydrazone groups is 1. The van der Waals surface area contributed by atoms with Crippen molar-refractivity contribution in [1.82, 2.24) is 5.43 Å². The lowest BCUT2D eigenvalue weighted by Gasteiger charge is -2.08. The molecule has 0 radical (unpaired) electrons. The summed E-state index contributed by atoms with van der Waals surface area (Å²) in [5.41, 5.74) is 4.80. The molecule has 142 valence electrons. The van der Waals surface area contributed by atoms with E-state index in [1.165, 1.54) is 6.21 Å². The zero-order valence-electron chi connectivity index (χ0n) is 15.9. The van der Waals surface area contributed by atoms with E-state index in [1.807, 2.05) is 49.4 Å². The van der Waals surface area contributed by atoms with Gasteiger partial charge in [0, 0.05) is 5.69 Å². The number of nitrogens with zero attached hydrogens (tertiary/aromatic N) is 1. The zero-order valence-corrected chi connectivity index (χ0v) is 15.9. The predicted molar refractivity (Wildman–Crippen MR) is 107 cm³/mol. The van der Waals surface area contributed by atoms with E-state index in [1.54, 1.807) is 6.07 Å². The van der Waals surface area contributed by atoms with Gasteiger partial charge in [0.05, 0.1) is 12.8 Å². The number of aryl methyl sites for hydroxylation is 1. The van der Waals surface area contributed by atoms with Gasteiger partial charge in [-0.3, -0.25) is 9.59 Å². The Morgan fingerprint density at radius 1 is 1.07 bits per heavy atom. The van der Waals surface area contributed by atoms with E-state index < -0.39 is 5.91 Å². The molecule has 0 bridgehead atoms. The Bertz CT molecular complexity index is 799. The third-order valence-electron chi connectivity index (χ3n) is 3.61. The summed E-state index contributed by atoms with van der Waals surface area (Å²) in [6.45, 7) is 6.73. The van der Waals surface area contributed by atoms with Crippen LogP contribution in [0.4, 0.5) is 5.69 Å². The number of amides is 2. The standard InChI is InChI=1S/C21H25N3O3/c1-15(2)14-27-18-10-8-17(9-11-18)13-22-24-21(26)12-20(25)23-19-7-5-4-6-16(19)3/h4-11,13,15H,12,14H2,1-3H3,(H,23,25)(H,24,26). The number of carbonyl (C=O) groups excluding carboxylic acids is 2. The summed E-state index contributed by atoms with van der Waals surface area (Å²) in [5.74, 6) is 0.389. The van der Waals surface area contributed by atoms with Crippen LogP contribution in [0.25, 0.3) is 0 Å². The second-order valence-electron chi connectivity index (χ2n) is 6.61. The number of hydrogen-bond donors (Lipinski definition) is 2. The molecule has 2 amide bonds. The molecule has 0 aliphatic rings. The van der Waals surface area contributed by atoms with Crippen LogP contribution in [-0.4, -0.2) is 24.6 Å². The summed E-state index contributed by atoms with van der Waals surface area (Å²) < 4.78 is 5.61. The zero-order chi connectivity index (χ0) is 19.6. The van der Waals surface area contributed by atoms with Gasteiger partial charge in [0.1, 0.15) is 12.2 Å². The van der Waals surface area contributed by atoms with Crippen molar-refractivity contribution in [3.8, 4) is 5.75 Å². The lowest BCUT2D eigenvalue weighted by atomic mass is 10.2. The lowest BCUT2D eigenvalue weighted by Crippen LogP contribution is -2.24. The van der Waals surface area contributed by atoms with Gasteiger partial charge in [0.2, 0.25) is 11.8 Å². The van der Waals surface area contributed by atoms with Crippen LogP contribution in [0.5, 0.6) is 5.75 Å². The second-order valence-corrected chi connectivity index (χ2v) is 6.61. The highest BCUT2D eigenvalue weighted by Crippen LogP contribution is 2.13. The molecule has 0 spiro atoms. The summed E-state index contributed by atoms with van der Waals surface area (Å²) in [7, 11) is 0. The fraction of sp³-hybridized carbons (Fsp3) is 0.286. The normalized spacial score (nSPS) is 10.8. The molecular formula is C21H25N3O3. The molecule has 0 heterocycles. The number of hydrogen-bond acceptors (Lipinski definition) is 4. The minimum atomic E-state index is -0.478. The van der Waals surface area contributed by atoms with E-state index in [0.717, 1.165) is 16.9 Å². The van der Waals surface area contributed by atoms with Crippen molar-refractivity contribution in [2.24, 2.45) is 11.0 Å². The average Bonchev–Trinajstić information content (AvgIpc) is 2.63. The van der Waals surface area contributed by atoms with Gasteiger partial charge in [-0.15, -0.1) is 0 Å². The van der Waals surface area contributed by atoms with Gasteiger partial charge in [-0.1, -0.05) is 32.0 Å². The SMILES string of the molecule is Cc1ccccc1NC(=O)CC(=O)NN=Cc1ccc(OCC(C)C)cc1. The van der Waals surface area contributed by atoms with Crippen molar-refractivity contribution in [3.63, 3.8) is 0 Å². The first-order valence-corrected chi connectivity index (χ1v) is 8.84. The van der Waals surface area contributed by atoms with Crippen molar-refractivity contribution in [2.75, 3.05) is 11.9 Å². The van der Waals surface area contributed by atoms with Gasteiger partial charge in [-0.2, -0.15) is 5.10 Å². The first-order chi connectivity index (χ1) is 12.9. The fourth-order valence-electron chi connectivity index (χ4n) is 2.18. The van der Waals surface area contributed by atoms with E-state index in [0.29, 0.717) is 18.2 Å². The largest absolute Gasteiger partial charge is 0.493 e. The van der Waals surface area contributed by atoms with E-state index >= 15 is 0 Å². The third kappa shape index (κ3) is 7.32. The van der Waals surface area contributed by atoms with Gasteiger partial charge in [0.25, 0.3) is 0 Å². The second kappa shape index (κ2) is 10.1. The van der Waals surface area contributed by atoms with Crippen LogP contribution in [0.2, 0.25) is 0 Å². The average molecular weight is 367 g/mol. The lowest BCUT2D eigenvalue weighted by molar-refractivity contribution is -0.126. The highest BCUT2D eigenvalue weighted by atomic mass is 16.5. The molecule has 2 rings (SSSR count). The van der Waals surface area contributed by atoms with Crippen LogP contribution < -0.4 is 15.5 Å². The van der Waals surface area contributed by atoms with E-state index in [9.17, 15) is 9.59 Å². The molecule has 2 N–H and O–H groups in total. The molecule has 6 nitrogen and oxygen atoms in total. The molecule has 0 aromatic heterocycles. The Morgan fingerprint density at radius 3 is 2.44 bits per heavy atom. The number of benzene rings is 2. The summed E-state index contributed by atoms with van der Waals surface area (Å²) in [6.07, 6.45) is 1.22. The molecular weight excluding hydrogens is 342 g/mol. The molecule has 0 unspecified atom stereocenters. The molecule has 0 saturated heterocycles. The minimum Gasteiger partial charge on any atom is -0.493 e. The highest BCUT2D eigenvalue weighted by Gasteiger charge is 2.09. The van der Waals surface area contributed by atoms with E-state index in [2.05, 4.69) is 29.7 Å². The van der Waals surface area contributed by atoms with Crippen LogP contribution >= 0.6 is 0 Å². The van der Waals surface area contributed by atoms with Gasteiger partial charge < -0.3 is 10.1 Å². The molecule has 0 fully saturated rings. The Hall–Kier alpha value is -3.15. The fourth-order valence-corrected chi connectivity index (χ4v) is 2.18. The quantitative estimate of drug-likeness (QED) is 0.426. The Morgan fingerprint density at radius 2 is 1.78 bits per heavy atom. The topological polar surface area (TPSA) is 79.8 Å². The molecule has 0 atom stereocenters. The molecule has 0 aliphatic heterocycles. The Kier molecular flexibility index (Phi) is 7.55. The maximum Gasteiger partial charge on any atom is 0.249 e. The van der Waals surface area contributed by atoms with Crippen molar-refractivity contribution >= 4 is 23.7 Å². The van der Waals surface area contributed by atoms with E-state index in [-0.39, 0.29) is 12.3 Å². The first kappa shape index (κ1) is 20.2. The van der Waals surface area contributed by atoms with Crippen LogP contribution in [0.3, 0.4) is 0 Å².